The quantitative estimate of drug-likeness (QED) is 0.716. The maximum atomic E-state index is 11.1. The largest absolute Gasteiger partial charge is 0.392 e. The van der Waals surface area contributed by atoms with Crippen molar-refractivity contribution in [2.45, 2.75) is 58.0 Å². The predicted octanol–water partition coefficient (Wildman–Crippen LogP) is 2.69. The standard InChI is InChI=1S/C12H19NO2/c1-9(14)12-8-11(15-13-12)7-10-5-3-2-4-6-10/h10-11H,2-8H2,1H3. The summed E-state index contributed by atoms with van der Waals surface area (Å²) in [4.78, 5) is 16.4. The molecule has 2 aliphatic rings. The monoisotopic (exact) mass is 209 g/mol. The van der Waals surface area contributed by atoms with Gasteiger partial charge in [-0.2, -0.15) is 0 Å². The Morgan fingerprint density at radius 2 is 2.13 bits per heavy atom. The summed E-state index contributed by atoms with van der Waals surface area (Å²) in [6.07, 6.45) is 8.75. The average Bonchev–Trinajstić information content (AvgIpc) is 2.68. The van der Waals surface area contributed by atoms with Crippen LogP contribution in [0.25, 0.3) is 0 Å². The molecule has 0 aromatic rings. The maximum absolute atomic E-state index is 11.1. The molecule has 84 valence electrons. The fourth-order valence-electron chi connectivity index (χ4n) is 2.56. The van der Waals surface area contributed by atoms with Crippen LogP contribution in [0, 0.1) is 5.92 Å². The molecule has 0 saturated heterocycles. The van der Waals surface area contributed by atoms with Crippen LogP contribution in [0.3, 0.4) is 0 Å². The van der Waals surface area contributed by atoms with Crippen molar-refractivity contribution in [1.29, 1.82) is 0 Å². The summed E-state index contributed by atoms with van der Waals surface area (Å²) in [6.45, 7) is 1.56. The number of ketones is 1. The first kappa shape index (κ1) is 10.7. The molecule has 0 spiro atoms. The van der Waals surface area contributed by atoms with E-state index in [9.17, 15) is 4.79 Å². The molecule has 0 radical (unpaired) electrons. The molecule has 1 heterocycles. The molecule has 3 heteroatoms. The molecule has 3 nitrogen and oxygen atoms in total. The number of nitrogens with zero attached hydrogens (tertiary/aromatic N) is 1. The molecular formula is C12H19NO2. The summed E-state index contributed by atoms with van der Waals surface area (Å²) in [5.74, 6) is 0.853. The molecule has 1 atom stereocenters. The second-order valence-corrected chi connectivity index (χ2v) is 4.77. The SMILES string of the molecule is CC(=O)C1=NOC(CC2CCCCC2)C1. The highest BCUT2D eigenvalue weighted by Gasteiger charge is 2.27. The first-order valence-electron chi connectivity index (χ1n) is 5.99. The highest BCUT2D eigenvalue weighted by molar-refractivity contribution is 6.39. The van der Waals surface area contributed by atoms with Gasteiger partial charge in [0.1, 0.15) is 11.8 Å². The van der Waals surface area contributed by atoms with Crippen LogP contribution in [0.2, 0.25) is 0 Å². The molecule has 1 fully saturated rings. The third-order valence-corrected chi connectivity index (χ3v) is 3.46. The number of carbonyl (C=O) groups excluding carboxylic acids is 1. The Labute approximate surface area is 90.9 Å². The molecule has 1 aliphatic carbocycles. The molecule has 0 amide bonds. The van der Waals surface area contributed by atoms with Crippen molar-refractivity contribution < 1.29 is 9.63 Å². The highest BCUT2D eigenvalue weighted by Crippen LogP contribution is 2.30. The Kier molecular flexibility index (Phi) is 3.39. The Morgan fingerprint density at radius 3 is 2.73 bits per heavy atom. The molecule has 0 bridgehead atoms. The normalized spacial score (nSPS) is 27.3. The number of Topliss-reactive ketones (excluding diaryl/α,β-unsaturated/α-hetero) is 1. The molecule has 0 N–H and O–H groups in total. The summed E-state index contributed by atoms with van der Waals surface area (Å²) < 4.78 is 0. The minimum Gasteiger partial charge on any atom is -0.392 e. The van der Waals surface area contributed by atoms with Gasteiger partial charge in [0, 0.05) is 13.3 Å². The van der Waals surface area contributed by atoms with E-state index in [1.165, 1.54) is 32.1 Å². The van der Waals surface area contributed by atoms with Crippen LogP contribution in [0.1, 0.15) is 51.9 Å². The van der Waals surface area contributed by atoms with Crippen molar-refractivity contribution in [1.82, 2.24) is 0 Å². The third-order valence-electron chi connectivity index (χ3n) is 3.46. The van der Waals surface area contributed by atoms with Crippen molar-refractivity contribution in [2.75, 3.05) is 0 Å². The van der Waals surface area contributed by atoms with E-state index in [-0.39, 0.29) is 11.9 Å². The van der Waals surface area contributed by atoms with Gasteiger partial charge in [-0.05, 0) is 12.3 Å². The van der Waals surface area contributed by atoms with Gasteiger partial charge >= 0.3 is 0 Å². The van der Waals surface area contributed by atoms with E-state index in [2.05, 4.69) is 5.16 Å². The van der Waals surface area contributed by atoms with Gasteiger partial charge in [0.25, 0.3) is 0 Å². The lowest BCUT2D eigenvalue weighted by Crippen LogP contribution is -2.18. The predicted molar refractivity (Wildman–Crippen MR) is 58.8 cm³/mol. The van der Waals surface area contributed by atoms with Crippen molar-refractivity contribution in [3.63, 3.8) is 0 Å². The molecule has 1 aliphatic heterocycles. The van der Waals surface area contributed by atoms with Gasteiger partial charge in [-0.3, -0.25) is 4.79 Å². The highest BCUT2D eigenvalue weighted by atomic mass is 16.6. The molecule has 0 aromatic carbocycles. The van der Waals surface area contributed by atoms with Crippen LogP contribution < -0.4 is 0 Å². The number of carbonyl (C=O) groups is 1. The maximum Gasteiger partial charge on any atom is 0.177 e. The van der Waals surface area contributed by atoms with E-state index in [0.717, 1.165) is 18.8 Å². The summed E-state index contributed by atoms with van der Waals surface area (Å²) in [7, 11) is 0. The van der Waals surface area contributed by atoms with Crippen molar-refractivity contribution in [3.05, 3.63) is 0 Å². The smallest absolute Gasteiger partial charge is 0.177 e. The van der Waals surface area contributed by atoms with E-state index in [0.29, 0.717) is 5.71 Å². The lowest BCUT2D eigenvalue weighted by molar-refractivity contribution is -0.111. The summed E-state index contributed by atoms with van der Waals surface area (Å²) >= 11 is 0. The zero-order chi connectivity index (χ0) is 10.7. The fraction of sp³-hybridized carbons (Fsp3) is 0.833. The van der Waals surface area contributed by atoms with Crippen LogP contribution in [-0.4, -0.2) is 17.6 Å². The van der Waals surface area contributed by atoms with Gasteiger partial charge in [0.15, 0.2) is 5.78 Å². The Hall–Kier alpha value is -0.860. The topological polar surface area (TPSA) is 38.7 Å². The molecule has 15 heavy (non-hydrogen) atoms. The van der Waals surface area contributed by atoms with Gasteiger partial charge in [0.2, 0.25) is 0 Å². The van der Waals surface area contributed by atoms with Gasteiger partial charge in [-0.15, -0.1) is 0 Å². The first-order chi connectivity index (χ1) is 7.25. The molecular weight excluding hydrogens is 190 g/mol. The van der Waals surface area contributed by atoms with Gasteiger partial charge < -0.3 is 4.84 Å². The first-order valence-corrected chi connectivity index (χ1v) is 5.99. The Bertz CT molecular complexity index is 267. The Balaban J connectivity index is 1.76. The van der Waals surface area contributed by atoms with Crippen molar-refractivity contribution in [2.24, 2.45) is 11.1 Å². The minimum atomic E-state index is 0.0566. The lowest BCUT2D eigenvalue weighted by atomic mass is 9.84. The number of hydrogen-bond acceptors (Lipinski definition) is 3. The van der Waals surface area contributed by atoms with Crippen LogP contribution in [0.15, 0.2) is 5.16 Å². The molecule has 2 rings (SSSR count). The van der Waals surface area contributed by atoms with Crippen molar-refractivity contribution >= 4 is 11.5 Å². The zero-order valence-electron chi connectivity index (χ0n) is 9.37. The summed E-state index contributed by atoms with van der Waals surface area (Å²) in [6, 6.07) is 0. The summed E-state index contributed by atoms with van der Waals surface area (Å²) in [5.41, 5.74) is 0.621. The third kappa shape index (κ3) is 2.80. The second kappa shape index (κ2) is 4.77. The number of oxime groups is 1. The zero-order valence-corrected chi connectivity index (χ0v) is 9.37. The van der Waals surface area contributed by atoms with Gasteiger partial charge in [-0.1, -0.05) is 37.3 Å². The lowest BCUT2D eigenvalue weighted by Gasteiger charge is -2.23. The van der Waals surface area contributed by atoms with E-state index in [1.54, 1.807) is 6.92 Å². The molecule has 0 aromatic heterocycles. The second-order valence-electron chi connectivity index (χ2n) is 4.77. The number of rotatable bonds is 3. The summed E-state index contributed by atoms with van der Waals surface area (Å²) in [5, 5.41) is 3.85. The van der Waals surface area contributed by atoms with Crippen LogP contribution in [0.5, 0.6) is 0 Å². The van der Waals surface area contributed by atoms with Crippen LogP contribution in [0.4, 0.5) is 0 Å². The van der Waals surface area contributed by atoms with Crippen LogP contribution in [-0.2, 0) is 9.63 Å². The number of hydrogen-bond donors (Lipinski definition) is 0. The molecule has 1 unspecified atom stereocenters. The van der Waals surface area contributed by atoms with Gasteiger partial charge in [-0.25, -0.2) is 0 Å². The fourth-order valence-corrected chi connectivity index (χ4v) is 2.56. The van der Waals surface area contributed by atoms with E-state index >= 15 is 0 Å². The van der Waals surface area contributed by atoms with E-state index < -0.39 is 0 Å². The average molecular weight is 209 g/mol. The van der Waals surface area contributed by atoms with Gasteiger partial charge in [0.05, 0.1) is 0 Å². The molecule has 1 saturated carbocycles. The Morgan fingerprint density at radius 1 is 1.40 bits per heavy atom. The van der Waals surface area contributed by atoms with Crippen LogP contribution >= 0.6 is 0 Å². The minimum absolute atomic E-state index is 0.0566. The van der Waals surface area contributed by atoms with E-state index in [1.807, 2.05) is 0 Å². The van der Waals surface area contributed by atoms with Crippen molar-refractivity contribution in [3.8, 4) is 0 Å². The van der Waals surface area contributed by atoms with E-state index in [4.69, 9.17) is 4.84 Å².